The van der Waals surface area contributed by atoms with Gasteiger partial charge < -0.3 is 10.2 Å². The number of carbonyl (C=O) groups excluding carboxylic acids is 1. The van der Waals surface area contributed by atoms with Crippen molar-refractivity contribution < 1.29 is 9.18 Å². The predicted molar refractivity (Wildman–Crippen MR) is 84.7 cm³/mol. The molecule has 22 heavy (non-hydrogen) atoms. The van der Waals surface area contributed by atoms with Crippen molar-refractivity contribution in [3.63, 3.8) is 0 Å². The van der Waals surface area contributed by atoms with Gasteiger partial charge in [-0.05, 0) is 49.6 Å². The number of piperidine rings is 1. The van der Waals surface area contributed by atoms with Gasteiger partial charge in [-0.1, -0.05) is 6.07 Å². The Morgan fingerprint density at radius 3 is 2.73 bits per heavy atom. The number of anilines is 2. The molecule has 1 saturated heterocycles. The molecule has 0 bridgehead atoms. The molecule has 3 rings (SSSR count). The molecule has 2 aromatic rings. The van der Waals surface area contributed by atoms with Gasteiger partial charge in [0.1, 0.15) is 11.5 Å². The highest BCUT2D eigenvalue weighted by Gasteiger charge is 2.14. The standard InChI is InChI=1S/C17H18FN3O/c18-13-5-4-6-14(11-13)20-17(22)16-12-15(7-8-19-16)21-9-2-1-3-10-21/h4-8,11-12H,1-3,9-10H2,(H,20,22). The molecule has 0 aliphatic carbocycles. The molecule has 1 aromatic carbocycles. The predicted octanol–water partition coefficient (Wildman–Crippen LogP) is 3.46. The van der Waals surface area contributed by atoms with Crippen LogP contribution in [0.15, 0.2) is 42.6 Å². The molecule has 0 radical (unpaired) electrons. The number of aromatic nitrogens is 1. The number of rotatable bonds is 3. The van der Waals surface area contributed by atoms with Crippen LogP contribution >= 0.6 is 0 Å². The Kier molecular flexibility index (Phi) is 4.32. The highest BCUT2D eigenvalue weighted by molar-refractivity contribution is 6.03. The second-order valence-electron chi connectivity index (χ2n) is 5.41. The summed E-state index contributed by atoms with van der Waals surface area (Å²) in [5.41, 5.74) is 1.78. The number of carbonyl (C=O) groups is 1. The van der Waals surface area contributed by atoms with E-state index >= 15 is 0 Å². The van der Waals surface area contributed by atoms with Crippen molar-refractivity contribution >= 4 is 17.3 Å². The van der Waals surface area contributed by atoms with Crippen LogP contribution in [-0.2, 0) is 0 Å². The molecule has 0 atom stereocenters. The van der Waals surface area contributed by atoms with Crippen LogP contribution in [-0.4, -0.2) is 24.0 Å². The first-order chi connectivity index (χ1) is 10.7. The summed E-state index contributed by atoms with van der Waals surface area (Å²) in [6.45, 7) is 2.02. The van der Waals surface area contributed by atoms with Crippen LogP contribution < -0.4 is 10.2 Å². The number of nitrogens with zero attached hydrogens (tertiary/aromatic N) is 2. The molecule has 1 aliphatic rings. The second-order valence-corrected chi connectivity index (χ2v) is 5.41. The molecule has 2 heterocycles. The van der Waals surface area contributed by atoms with Gasteiger partial charge in [-0.25, -0.2) is 4.39 Å². The summed E-state index contributed by atoms with van der Waals surface area (Å²) in [5.74, 6) is -0.711. The van der Waals surface area contributed by atoms with E-state index in [0.29, 0.717) is 11.4 Å². The minimum absolute atomic E-state index is 0.329. The minimum Gasteiger partial charge on any atom is -0.371 e. The van der Waals surface area contributed by atoms with Gasteiger partial charge in [0.2, 0.25) is 0 Å². The van der Waals surface area contributed by atoms with E-state index in [1.807, 2.05) is 6.07 Å². The number of hydrogen-bond donors (Lipinski definition) is 1. The number of halogens is 1. The molecule has 1 aliphatic heterocycles. The lowest BCUT2D eigenvalue weighted by Gasteiger charge is -2.28. The molecule has 114 valence electrons. The largest absolute Gasteiger partial charge is 0.371 e. The molecule has 1 fully saturated rings. The average Bonchev–Trinajstić information content (AvgIpc) is 2.56. The van der Waals surface area contributed by atoms with Gasteiger partial charge in [-0.3, -0.25) is 9.78 Å². The second kappa shape index (κ2) is 6.56. The number of amides is 1. The van der Waals surface area contributed by atoms with Crippen LogP contribution in [0.2, 0.25) is 0 Å². The number of hydrogen-bond acceptors (Lipinski definition) is 3. The van der Waals surface area contributed by atoms with E-state index in [1.165, 1.54) is 31.4 Å². The normalized spacial score (nSPS) is 14.7. The lowest BCUT2D eigenvalue weighted by atomic mass is 10.1. The van der Waals surface area contributed by atoms with Gasteiger partial charge in [0.05, 0.1) is 0 Å². The number of benzene rings is 1. The summed E-state index contributed by atoms with van der Waals surface area (Å²) in [7, 11) is 0. The van der Waals surface area contributed by atoms with Gasteiger partial charge in [0, 0.05) is 30.7 Å². The Bertz CT molecular complexity index is 668. The van der Waals surface area contributed by atoms with Crippen LogP contribution in [0, 0.1) is 5.82 Å². The van der Waals surface area contributed by atoms with Crippen molar-refractivity contribution in [1.82, 2.24) is 4.98 Å². The molecular formula is C17H18FN3O. The summed E-state index contributed by atoms with van der Waals surface area (Å²) >= 11 is 0. The van der Waals surface area contributed by atoms with Crippen molar-refractivity contribution in [3.05, 3.63) is 54.1 Å². The molecule has 0 unspecified atom stereocenters. The Balaban J connectivity index is 1.75. The topological polar surface area (TPSA) is 45.2 Å². The van der Waals surface area contributed by atoms with Crippen molar-refractivity contribution in [1.29, 1.82) is 0 Å². The van der Waals surface area contributed by atoms with Crippen LogP contribution in [0.1, 0.15) is 29.8 Å². The fourth-order valence-corrected chi connectivity index (χ4v) is 2.65. The zero-order valence-electron chi connectivity index (χ0n) is 12.3. The van der Waals surface area contributed by atoms with Gasteiger partial charge in [-0.2, -0.15) is 0 Å². The summed E-state index contributed by atoms with van der Waals surface area (Å²) in [5, 5.41) is 2.67. The number of nitrogens with one attached hydrogen (secondary N) is 1. The molecule has 4 nitrogen and oxygen atoms in total. The summed E-state index contributed by atoms with van der Waals surface area (Å²) < 4.78 is 13.2. The third-order valence-electron chi connectivity index (χ3n) is 3.78. The van der Waals surface area contributed by atoms with Gasteiger partial charge in [0.15, 0.2) is 0 Å². The third-order valence-corrected chi connectivity index (χ3v) is 3.78. The lowest BCUT2D eigenvalue weighted by Crippen LogP contribution is -2.29. The SMILES string of the molecule is O=C(Nc1cccc(F)c1)c1cc(N2CCCCC2)ccn1. The fraction of sp³-hybridized carbons (Fsp3) is 0.294. The van der Waals surface area contributed by atoms with Gasteiger partial charge >= 0.3 is 0 Å². The quantitative estimate of drug-likeness (QED) is 0.944. The maximum absolute atomic E-state index is 13.2. The maximum Gasteiger partial charge on any atom is 0.274 e. The molecular weight excluding hydrogens is 281 g/mol. The zero-order valence-corrected chi connectivity index (χ0v) is 12.3. The monoisotopic (exact) mass is 299 g/mol. The smallest absolute Gasteiger partial charge is 0.274 e. The molecule has 1 amide bonds. The van der Waals surface area contributed by atoms with Crippen LogP contribution in [0.4, 0.5) is 15.8 Å². The summed E-state index contributed by atoms with van der Waals surface area (Å²) in [4.78, 5) is 18.6. The van der Waals surface area contributed by atoms with E-state index in [4.69, 9.17) is 0 Å². The van der Waals surface area contributed by atoms with Crippen LogP contribution in [0.3, 0.4) is 0 Å². The average molecular weight is 299 g/mol. The first-order valence-corrected chi connectivity index (χ1v) is 7.50. The first-order valence-electron chi connectivity index (χ1n) is 7.50. The summed E-state index contributed by atoms with van der Waals surface area (Å²) in [6.07, 6.45) is 5.25. The highest BCUT2D eigenvalue weighted by Crippen LogP contribution is 2.20. The molecule has 0 saturated carbocycles. The summed E-state index contributed by atoms with van der Waals surface area (Å²) in [6, 6.07) is 9.54. The Morgan fingerprint density at radius 1 is 1.14 bits per heavy atom. The first kappa shape index (κ1) is 14.5. The van der Waals surface area contributed by atoms with E-state index in [-0.39, 0.29) is 11.7 Å². The van der Waals surface area contributed by atoms with Crippen molar-refractivity contribution in [3.8, 4) is 0 Å². The van der Waals surface area contributed by atoms with Crippen molar-refractivity contribution in [2.75, 3.05) is 23.3 Å². The van der Waals surface area contributed by atoms with E-state index in [9.17, 15) is 9.18 Å². The van der Waals surface area contributed by atoms with E-state index in [0.717, 1.165) is 18.8 Å². The molecule has 0 spiro atoms. The van der Waals surface area contributed by atoms with E-state index < -0.39 is 0 Å². The van der Waals surface area contributed by atoms with Crippen molar-refractivity contribution in [2.24, 2.45) is 0 Å². The zero-order chi connectivity index (χ0) is 15.4. The van der Waals surface area contributed by atoms with Crippen molar-refractivity contribution in [2.45, 2.75) is 19.3 Å². The number of pyridine rings is 1. The minimum atomic E-state index is -0.382. The third kappa shape index (κ3) is 3.42. The lowest BCUT2D eigenvalue weighted by molar-refractivity contribution is 0.102. The Morgan fingerprint density at radius 2 is 1.95 bits per heavy atom. The van der Waals surface area contributed by atoms with E-state index in [2.05, 4.69) is 15.2 Å². The van der Waals surface area contributed by atoms with Crippen LogP contribution in [0.5, 0.6) is 0 Å². The van der Waals surface area contributed by atoms with Crippen LogP contribution in [0.25, 0.3) is 0 Å². The van der Waals surface area contributed by atoms with Gasteiger partial charge in [-0.15, -0.1) is 0 Å². The fourth-order valence-electron chi connectivity index (χ4n) is 2.65. The van der Waals surface area contributed by atoms with Gasteiger partial charge in [0.25, 0.3) is 5.91 Å². The Hall–Kier alpha value is -2.43. The maximum atomic E-state index is 13.2. The Labute approximate surface area is 129 Å². The van der Waals surface area contributed by atoms with E-state index in [1.54, 1.807) is 24.4 Å². The highest BCUT2D eigenvalue weighted by atomic mass is 19.1. The molecule has 1 N–H and O–H groups in total. The molecule has 1 aromatic heterocycles. The molecule has 5 heteroatoms.